The molecule has 0 spiro atoms. The topological polar surface area (TPSA) is 70.7 Å². The summed E-state index contributed by atoms with van der Waals surface area (Å²) in [6, 6.07) is 12.2. The van der Waals surface area contributed by atoms with Crippen molar-refractivity contribution in [1.29, 1.82) is 0 Å². The average Bonchev–Trinajstić information content (AvgIpc) is 3.00. The van der Waals surface area contributed by atoms with E-state index in [0.717, 1.165) is 17.0 Å². The van der Waals surface area contributed by atoms with E-state index in [0.29, 0.717) is 25.3 Å². The van der Waals surface area contributed by atoms with Gasteiger partial charge in [0.1, 0.15) is 11.8 Å². The van der Waals surface area contributed by atoms with E-state index in [1.54, 1.807) is 29.2 Å². The second-order valence-corrected chi connectivity index (χ2v) is 6.66. The van der Waals surface area contributed by atoms with Crippen LogP contribution in [0.2, 0.25) is 0 Å². The molecule has 0 saturated carbocycles. The number of nitrogens with zero attached hydrogens (tertiary/aromatic N) is 1. The minimum Gasteiger partial charge on any atom is -0.494 e. The zero-order chi connectivity index (χ0) is 19.4. The maximum Gasteiger partial charge on any atom is 0.319 e. The molecule has 3 rings (SSSR count). The van der Waals surface area contributed by atoms with Gasteiger partial charge in [-0.2, -0.15) is 0 Å². The van der Waals surface area contributed by atoms with Crippen molar-refractivity contribution in [3.8, 4) is 5.75 Å². The number of urea groups is 1. The third kappa shape index (κ3) is 4.39. The van der Waals surface area contributed by atoms with E-state index in [2.05, 4.69) is 10.6 Å². The Labute approximate surface area is 159 Å². The van der Waals surface area contributed by atoms with Gasteiger partial charge in [0, 0.05) is 17.9 Å². The Morgan fingerprint density at radius 2 is 1.89 bits per heavy atom. The third-order valence-corrected chi connectivity index (χ3v) is 4.74. The number of rotatable bonds is 5. The van der Waals surface area contributed by atoms with E-state index in [4.69, 9.17) is 4.74 Å². The largest absolute Gasteiger partial charge is 0.494 e. The van der Waals surface area contributed by atoms with Crippen molar-refractivity contribution < 1.29 is 14.3 Å². The molecule has 142 valence electrons. The molecule has 1 unspecified atom stereocenters. The highest BCUT2D eigenvalue weighted by molar-refractivity contribution is 6.02. The molecule has 1 aliphatic rings. The Bertz CT molecular complexity index is 833. The van der Waals surface area contributed by atoms with Gasteiger partial charge in [0.25, 0.3) is 0 Å². The van der Waals surface area contributed by atoms with Gasteiger partial charge in [0.15, 0.2) is 0 Å². The smallest absolute Gasteiger partial charge is 0.319 e. The fraction of sp³-hybridized carbons (Fsp3) is 0.333. The number of aryl methyl sites for hydroxylation is 2. The molecule has 6 heteroatoms. The van der Waals surface area contributed by atoms with Crippen molar-refractivity contribution in [3.05, 3.63) is 53.6 Å². The molecule has 6 nitrogen and oxygen atoms in total. The van der Waals surface area contributed by atoms with Crippen LogP contribution in [-0.2, 0) is 4.79 Å². The number of nitrogens with one attached hydrogen (secondary N) is 2. The van der Waals surface area contributed by atoms with Crippen LogP contribution in [0.3, 0.4) is 0 Å². The number of carbonyl (C=O) groups is 2. The van der Waals surface area contributed by atoms with E-state index in [1.165, 1.54) is 5.56 Å². The number of carbonyl (C=O) groups excluding carboxylic acids is 2. The fourth-order valence-electron chi connectivity index (χ4n) is 3.09. The summed E-state index contributed by atoms with van der Waals surface area (Å²) in [6.45, 7) is 7.17. The van der Waals surface area contributed by atoms with Crippen LogP contribution in [0.5, 0.6) is 5.75 Å². The van der Waals surface area contributed by atoms with Gasteiger partial charge in [-0.05, 0) is 74.7 Å². The molecule has 2 aromatic rings. The lowest BCUT2D eigenvalue weighted by Gasteiger charge is -2.18. The highest BCUT2D eigenvalue weighted by atomic mass is 16.5. The Hall–Kier alpha value is -3.02. The minimum absolute atomic E-state index is 0.0832. The molecule has 0 aliphatic carbocycles. The first-order chi connectivity index (χ1) is 13.0. The van der Waals surface area contributed by atoms with Crippen molar-refractivity contribution >= 4 is 23.3 Å². The second kappa shape index (κ2) is 8.12. The van der Waals surface area contributed by atoms with Gasteiger partial charge in [-0.3, -0.25) is 4.79 Å². The normalized spacial score (nSPS) is 16.3. The van der Waals surface area contributed by atoms with Crippen molar-refractivity contribution in [2.24, 2.45) is 0 Å². The molecule has 0 aromatic heterocycles. The van der Waals surface area contributed by atoms with E-state index < -0.39 is 6.04 Å². The van der Waals surface area contributed by atoms with Crippen LogP contribution in [0, 0.1) is 13.8 Å². The molecule has 2 N–H and O–H groups in total. The first-order valence-electron chi connectivity index (χ1n) is 9.17. The Morgan fingerprint density at radius 3 is 2.56 bits per heavy atom. The minimum atomic E-state index is -0.519. The Balaban J connectivity index is 1.58. The molecule has 1 atom stereocenters. The van der Waals surface area contributed by atoms with Crippen molar-refractivity contribution in [2.45, 2.75) is 33.2 Å². The lowest BCUT2D eigenvalue weighted by atomic mass is 10.1. The van der Waals surface area contributed by atoms with Crippen LogP contribution >= 0.6 is 0 Å². The lowest BCUT2D eigenvalue weighted by molar-refractivity contribution is -0.118. The standard InChI is InChI=1S/C21H25N3O3/c1-4-27-18-9-6-16(7-10-18)22-21(26)23-19-11-12-24(20(19)25)17-8-5-14(2)15(3)13-17/h5-10,13,19H,4,11-12H2,1-3H3,(H2,22,23,26). The van der Waals surface area contributed by atoms with Gasteiger partial charge < -0.3 is 20.3 Å². The summed E-state index contributed by atoms with van der Waals surface area (Å²) in [5.74, 6) is 0.665. The third-order valence-electron chi connectivity index (χ3n) is 4.74. The number of benzene rings is 2. The highest BCUT2D eigenvalue weighted by Gasteiger charge is 2.33. The van der Waals surface area contributed by atoms with Crippen LogP contribution in [0.4, 0.5) is 16.2 Å². The predicted octanol–water partition coefficient (Wildman–Crippen LogP) is 3.63. The van der Waals surface area contributed by atoms with Gasteiger partial charge >= 0.3 is 6.03 Å². The summed E-state index contributed by atoms with van der Waals surface area (Å²) in [5.41, 5.74) is 3.85. The van der Waals surface area contributed by atoms with Crippen LogP contribution in [0.15, 0.2) is 42.5 Å². The summed E-state index contributed by atoms with van der Waals surface area (Å²) < 4.78 is 5.38. The maximum atomic E-state index is 12.7. The van der Waals surface area contributed by atoms with Gasteiger partial charge in [0.2, 0.25) is 5.91 Å². The van der Waals surface area contributed by atoms with Crippen LogP contribution < -0.4 is 20.3 Å². The summed E-state index contributed by atoms with van der Waals surface area (Å²) in [5, 5.41) is 5.52. The zero-order valence-corrected chi connectivity index (χ0v) is 15.9. The van der Waals surface area contributed by atoms with E-state index in [9.17, 15) is 9.59 Å². The van der Waals surface area contributed by atoms with E-state index in [-0.39, 0.29) is 11.9 Å². The molecular weight excluding hydrogens is 342 g/mol. The molecular formula is C21H25N3O3. The van der Waals surface area contributed by atoms with Gasteiger partial charge in [-0.25, -0.2) is 4.79 Å². The van der Waals surface area contributed by atoms with Crippen molar-refractivity contribution in [2.75, 3.05) is 23.4 Å². The molecule has 1 heterocycles. The Kier molecular flexibility index (Phi) is 5.64. The Morgan fingerprint density at radius 1 is 1.15 bits per heavy atom. The first kappa shape index (κ1) is 18.8. The highest BCUT2D eigenvalue weighted by Crippen LogP contribution is 2.24. The summed E-state index contributed by atoms with van der Waals surface area (Å²) in [6.07, 6.45) is 0.586. The van der Waals surface area contributed by atoms with Crippen molar-refractivity contribution in [1.82, 2.24) is 5.32 Å². The van der Waals surface area contributed by atoms with Gasteiger partial charge in [-0.1, -0.05) is 6.07 Å². The SMILES string of the molecule is CCOc1ccc(NC(=O)NC2CCN(c3ccc(C)c(C)c3)C2=O)cc1. The molecule has 1 fully saturated rings. The second-order valence-electron chi connectivity index (χ2n) is 6.66. The number of amides is 3. The predicted molar refractivity (Wildman–Crippen MR) is 106 cm³/mol. The van der Waals surface area contributed by atoms with Crippen LogP contribution in [0.25, 0.3) is 0 Å². The molecule has 3 amide bonds. The molecule has 1 saturated heterocycles. The number of ether oxygens (including phenoxy) is 1. The number of hydrogen-bond donors (Lipinski definition) is 2. The maximum absolute atomic E-state index is 12.7. The van der Waals surface area contributed by atoms with Gasteiger partial charge in [-0.15, -0.1) is 0 Å². The summed E-state index contributed by atoms with van der Waals surface area (Å²) in [7, 11) is 0. The number of anilines is 2. The fourth-order valence-corrected chi connectivity index (χ4v) is 3.09. The monoisotopic (exact) mass is 367 g/mol. The van der Waals surface area contributed by atoms with E-state index in [1.807, 2.05) is 39.0 Å². The van der Waals surface area contributed by atoms with Crippen molar-refractivity contribution in [3.63, 3.8) is 0 Å². The molecule has 27 heavy (non-hydrogen) atoms. The number of hydrogen-bond acceptors (Lipinski definition) is 3. The van der Waals surface area contributed by atoms with Crippen LogP contribution in [0.1, 0.15) is 24.5 Å². The van der Waals surface area contributed by atoms with Crippen LogP contribution in [-0.4, -0.2) is 31.1 Å². The molecule has 2 aromatic carbocycles. The first-order valence-corrected chi connectivity index (χ1v) is 9.17. The quantitative estimate of drug-likeness (QED) is 0.848. The molecule has 0 bridgehead atoms. The average molecular weight is 367 g/mol. The summed E-state index contributed by atoms with van der Waals surface area (Å²) in [4.78, 5) is 26.6. The zero-order valence-electron chi connectivity index (χ0n) is 15.9. The molecule has 0 radical (unpaired) electrons. The van der Waals surface area contributed by atoms with E-state index >= 15 is 0 Å². The summed E-state index contributed by atoms with van der Waals surface area (Å²) >= 11 is 0. The molecule has 1 aliphatic heterocycles. The van der Waals surface area contributed by atoms with Gasteiger partial charge in [0.05, 0.1) is 6.61 Å². The lowest BCUT2D eigenvalue weighted by Crippen LogP contribution is -2.43.